The van der Waals surface area contributed by atoms with Crippen LogP contribution in [0.2, 0.25) is 0 Å². The molecule has 1 fully saturated rings. The molecule has 0 bridgehead atoms. The number of rotatable bonds is 4. The van der Waals surface area contributed by atoms with Crippen LogP contribution in [-0.2, 0) is 0 Å². The van der Waals surface area contributed by atoms with Gasteiger partial charge in [-0.25, -0.2) is 0 Å². The summed E-state index contributed by atoms with van der Waals surface area (Å²) in [4.78, 5) is 0. The van der Waals surface area contributed by atoms with Crippen LogP contribution in [0.25, 0.3) is 0 Å². The Morgan fingerprint density at radius 2 is 1.85 bits per heavy atom. The molecule has 0 aromatic heterocycles. The van der Waals surface area contributed by atoms with Crippen LogP contribution in [0.4, 0.5) is 0 Å². The summed E-state index contributed by atoms with van der Waals surface area (Å²) in [7, 11) is 0. The Kier molecular flexibility index (Phi) is 6.35. The summed E-state index contributed by atoms with van der Waals surface area (Å²) in [6.45, 7) is 9.72. The van der Waals surface area contributed by atoms with E-state index in [4.69, 9.17) is 5.11 Å². The van der Waals surface area contributed by atoms with Gasteiger partial charge in [-0.2, -0.15) is 0 Å². The van der Waals surface area contributed by atoms with Crippen LogP contribution in [0.3, 0.4) is 0 Å². The molecule has 2 nitrogen and oxygen atoms in total. The van der Waals surface area contributed by atoms with Crippen molar-refractivity contribution in [1.82, 2.24) is 5.32 Å². The number of aliphatic hydroxyl groups is 1. The molecule has 1 rings (SSSR count). The molecule has 1 saturated carbocycles. The fraction of sp³-hybridized carbons (Fsp3) is 1.00. The van der Waals surface area contributed by atoms with Gasteiger partial charge in [-0.1, -0.05) is 27.7 Å². The van der Waals surface area contributed by atoms with E-state index in [1.807, 2.05) is 13.8 Å². The highest BCUT2D eigenvalue weighted by atomic mass is 16.3. The Labute approximate surface area is 82.7 Å². The highest BCUT2D eigenvalue weighted by Crippen LogP contribution is 2.31. The average molecular weight is 187 g/mol. The van der Waals surface area contributed by atoms with Gasteiger partial charge in [0.1, 0.15) is 0 Å². The molecule has 2 N–H and O–H groups in total. The highest BCUT2D eigenvalue weighted by Gasteiger charge is 2.35. The van der Waals surface area contributed by atoms with Crippen molar-refractivity contribution in [2.24, 2.45) is 5.92 Å². The van der Waals surface area contributed by atoms with Crippen molar-refractivity contribution in [2.75, 3.05) is 13.2 Å². The first-order valence-electron chi connectivity index (χ1n) is 5.54. The molecule has 0 saturated heterocycles. The minimum atomic E-state index is 0.101. The predicted octanol–water partition coefficient (Wildman–Crippen LogP) is 2.17. The summed E-state index contributed by atoms with van der Waals surface area (Å²) in [6, 6.07) is 0. The van der Waals surface area contributed by atoms with Gasteiger partial charge in [0.05, 0.1) is 6.61 Å². The standard InChI is InChI=1S/C9H19NO.C2H6/c1-8(2)6-10-9(7-11)4-3-5-9;1-2/h8,10-11H,3-7H2,1-2H3;1-2H3. The van der Waals surface area contributed by atoms with E-state index in [1.54, 1.807) is 0 Å². The Balaban J connectivity index is 0.000000671. The molecule has 0 unspecified atom stereocenters. The summed E-state index contributed by atoms with van der Waals surface area (Å²) in [5.74, 6) is 0.680. The van der Waals surface area contributed by atoms with Gasteiger partial charge in [-0.3, -0.25) is 0 Å². The number of hydrogen-bond acceptors (Lipinski definition) is 2. The van der Waals surface area contributed by atoms with E-state index >= 15 is 0 Å². The number of nitrogens with one attached hydrogen (secondary N) is 1. The lowest BCUT2D eigenvalue weighted by atomic mass is 9.77. The summed E-state index contributed by atoms with van der Waals surface area (Å²) in [5.41, 5.74) is 0.101. The zero-order chi connectivity index (χ0) is 10.3. The van der Waals surface area contributed by atoms with E-state index in [0.717, 1.165) is 19.4 Å². The van der Waals surface area contributed by atoms with Crippen molar-refractivity contribution in [3.8, 4) is 0 Å². The molecular formula is C11H25NO. The molecule has 0 heterocycles. The van der Waals surface area contributed by atoms with E-state index < -0.39 is 0 Å². The molecule has 0 aromatic carbocycles. The Hall–Kier alpha value is -0.0800. The van der Waals surface area contributed by atoms with Gasteiger partial charge in [-0.05, 0) is 31.7 Å². The van der Waals surface area contributed by atoms with Crippen molar-refractivity contribution in [1.29, 1.82) is 0 Å². The first-order chi connectivity index (χ1) is 6.18. The van der Waals surface area contributed by atoms with Crippen LogP contribution < -0.4 is 5.32 Å². The van der Waals surface area contributed by atoms with Gasteiger partial charge in [0.2, 0.25) is 0 Å². The average Bonchev–Trinajstić information content (AvgIpc) is 2.07. The maximum atomic E-state index is 9.09. The summed E-state index contributed by atoms with van der Waals surface area (Å²) in [6.07, 6.45) is 3.57. The van der Waals surface area contributed by atoms with E-state index in [2.05, 4.69) is 19.2 Å². The SMILES string of the molecule is CC.CC(C)CNC1(CO)CCC1. The first-order valence-corrected chi connectivity index (χ1v) is 5.54. The summed E-state index contributed by atoms with van der Waals surface area (Å²) < 4.78 is 0. The molecule has 0 radical (unpaired) electrons. The van der Waals surface area contributed by atoms with Crippen molar-refractivity contribution < 1.29 is 5.11 Å². The zero-order valence-electron chi connectivity index (χ0n) is 9.56. The Morgan fingerprint density at radius 3 is 2.08 bits per heavy atom. The van der Waals surface area contributed by atoms with Crippen LogP contribution in [0.1, 0.15) is 47.0 Å². The maximum absolute atomic E-state index is 9.09. The lowest BCUT2D eigenvalue weighted by Gasteiger charge is -2.41. The van der Waals surface area contributed by atoms with Crippen LogP contribution in [0, 0.1) is 5.92 Å². The molecule has 0 atom stereocenters. The van der Waals surface area contributed by atoms with Crippen LogP contribution in [0.15, 0.2) is 0 Å². The summed E-state index contributed by atoms with van der Waals surface area (Å²) in [5, 5.41) is 12.5. The Bertz CT molecular complexity index is 114. The fourth-order valence-electron chi connectivity index (χ4n) is 1.41. The molecule has 0 amide bonds. The van der Waals surface area contributed by atoms with Gasteiger partial charge < -0.3 is 10.4 Å². The van der Waals surface area contributed by atoms with E-state index in [9.17, 15) is 0 Å². The lowest BCUT2D eigenvalue weighted by molar-refractivity contribution is 0.0859. The smallest absolute Gasteiger partial charge is 0.0613 e. The van der Waals surface area contributed by atoms with Crippen molar-refractivity contribution in [3.63, 3.8) is 0 Å². The first kappa shape index (κ1) is 12.9. The molecule has 1 aliphatic rings. The molecule has 2 heteroatoms. The third-order valence-electron chi connectivity index (χ3n) is 2.50. The third-order valence-corrected chi connectivity index (χ3v) is 2.50. The van der Waals surface area contributed by atoms with E-state index in [0.29, 0.717) is 12.5 Å². The Morgan fingerprint density at radius 1 is 1.31 bits per heavy atom. The normalized spacial score (nSPS) is 18.9. The van der Waals surface area contributed by atoms with Gasteiger partial charge in [0.25, 0.3) is 0 Å². The second-order valence-corrected chi connectivity index (χ2v) is 4.07. The quantitative estimate of drug-likeness (QED) is 0.707. The number of aliphatic hydroxyl groups excluding tert-OH is 1. The molecule has 0 spiro atoms. The van der Waals surface area contributed by atoms with E-state index in [-0.39, 0.29) is 5.54 Å². The number of hydrogen-bond donors (Lipinski definition) is 2. The lowest BCUT2D eigenvalue weighted by Crippen LogP contribution is -2.54. The molecule has 13 heavy (non-hydrogen) atoms. The molecule has 1 aliphatic carbocycles. The molecular weight excluding hydrogens is 162 g/mol. The predicted molar refractivity (Wildman–Crippen MR) is 57.9 cm³/mol. The second-order valence-electron chi connectivity index (χ2n) is 4.07. The minimum Gasteiger partial charge on any atom is -0.394 e. The van der Waals surface area contributed by atoms with Gasteiger partial charge in [-0.15, -0.1) is 0 Å². The minimum absolute atomic E-state index is 0.101. The molecule has 80 valence electrons. The third kappa shape index (κ3) is 4.10. The van der Waals surface area contributed by atoms with Crippen LogP contribution in [-0.4, -0.2) is 23.8 Å². The van der Waals surface area contributed by atoms with Crippen molar-refractivity contribution in [2.45, 2.75) is 52.5 Å². The highest BCUT2D eigenvalue weighted by molar-refractivity contribution is 4.95. The van der Waals surface area contributed by atoms with Crippen molar-refractivity contribution in [3.05, 3.63) is 0 Å². The largest absolute Gasteiger partial charge is 0.394 e. The van der Waals surface area contributed by atoms with Gasteiger partial charge >= 0.3 is 0 Å². The monoisotopic (exact) mass is 187 g/mol. The van der Waals surface area contributed by atoms with Gasteiger partial charge in [0.15, 0.2) is 0 Å². The van der Waals surface area contributed by atoms with Crippen LogP contribution >= 0.6 is 0 Å². The van der Waals surface area contributed by atoms with Gasteiger partial charge in [0, 0.05) is 5.54 Å². The second kappa shape index (κ2) is 6.39. The molecule has 0 aliphatic heterocycles. The topological polar surface area (TPSA) is 32.3 Å². The fourth-order valence-corrected chi connectivity index (χ4v) is 1.41. The zero-order valence-corrected chi connectivity index (χ0v) is 9.56. The van der Waals surface area contributed by atoms with Crippen molar-refractivity contribution >= 4 is 0 Å². The summed E-state index contributed by atoms with van der Waals surface area (Å²) >= 11 is 0. The molecule has 0 aromatic rings. The van der Waals surface area contributed by atoms with Crippen LogP contribution in [0.5, 0.6) is 0 Å². The maximum Gasteiger partial charge on any atom is 0.0613 e. The van der Waals surface area contributed by atoms with E-state index in [1.165, 1.54) is 6.42 Å².